The van der Waals surface area contributed by atoms with Gasteiger partial charge in [-0.2, -0.15) is 0 Å². The Morgan fingerprint density at radius 1 is 1.31 bits per heavy atom. The van der Waals surface area contributed by atoms with Gasteiger partial charge in [-0.1, -0.05) is 18.9 Å². The third kappa shape index (κ3) is 1.93. The second kappa shape index (κ2) is 3.38. The van der Waals surface area contributed by atoms with Crippen molar-refractivity contribution in [2.45, 2.75) is 13.8 Å². The average molecular weight is 183 g/mol. The largest absolute Gasteiger partial charge is 0.335 e. The number of amides is 2. The molecule has 13 heavy (non-hydrogen) atoms. The molecule has 5 heteroatoms. The van der Waals surface area contributed by atoms with Crippen LogP contribution in [0.4, 0.5) is 0 Å². The van der Waals surface area contributed by atoms with Crippen molar-refractivity contribution in [2.75, 3.05) is 0 Å². The fraction of sp³-hybridized carbons (Fsp3) is 0.375. The van der Waals surface area contributed by atoms with Gasteiger partial charge in [-0.15, -0.1) is 0 Å². The Balaban J connectivity index is 2.60. The molecule has 1 heterocycles. The van der Waals surface area contributed by atoms with E-state index in [4.69, 9.17) is 0 Å². The first-order valence-electron chi connectivity index (χ1n) is 3.80. The number of rotatable bonds is 2. The van der Waals surface area contributed by atoms with Crippen LogP contribution < -0.4 is 0 Å². The van der Waals surface area contributed by atoms with E-state index in [1.807, 2.05) is 0 Å². The van der Waals surface area contributed by atoms with E-state index in [9.17, 15) is 14.4 Å². The van der Waals surface area contributed by atoms with Gasteiger partial charge in [-0.25, -0.2) is 4.79 Å². The lowest BCUT2D eigenvalue weighted by molar-refractivity contribution is -0.198. The molecular weight excluding hydrogens is 174 g/mol. The van der Waals surface area contributed by atoms with Crippen LogP contribution in [0.25, 0.3) is 0 Å². The molecule has 0 fully saturated rings. The van der Waals surface area contributed by atoms with Gasteiger partial charge in [0.25, 0.3) is 11.8 Å². The summed E-state index contributed by atoms with van der Waals surface area (Å²) < 4.78 is 0. The Hall–Kier alpha value is -1.65. The van der Waals surface area contributed by atoms with Crippen molar-refractivity contribution in [1.29, 1.82) is 0 Å². The number of carbonyl (C=O) groups excluding carboxylic acids is 3. The normalized spacial score (nSPS) is 15.8. The molecule has 0 N–H and O–H groups in total. The minimum absolute atomic E-state index is 0.374. The van der Waals surface area contributed by atoms with Crippen LogP contribution in [-0.2, 0) is 19.2 Å². The van der Waals surface area contributed by atoms with Gasteiger partial charge in [-0.05, 0) is 0 Å². The third-order valence-electron chi connectivity index (χ3n) is 1.42. The number of imide groups is 1. The Labute approximate surface area is 74.9 Å². The van der Waals surface area contributed by atoms with E-state index in [0.717, 1.165) is 12.2 Å². The summed E-state index contributed by atoms with van der Waals surface area (Å²) in [7, 11) is 0. The zero-order chi connectivity index (χ0) is 10.0. The van der Waals surface area contributed by atoms with Gasteiger partial charge < -0.3 is 4.84 Å². The second-order valence-electron chi connectivity index (χ2n) is 2.87. The molecule has 0 aliphatic carbocycles. The van der Waals surface area contributed by atoms with Gasteiger partial charge in [0.15, 0.2) is 0 Å². The minimum atomic E-state index is -0.626. The molecule has 0 aromatic carbocycles. The van der Waals surface area contributed by atoms with Gasteiger partial charge in [-0.3, -0.25) is 9.59 Å². The second-order valence-corrected chi connectivity index (χ2v) is 2.87. The van der Waals surface area contributed by atoms with Crippen LogP contribution in [-0.4, -0.2) is 22.8 Å². The monoisotopic (exact) mass is 183 g/mol. The van der Waals surface area contributed by atoms with E-state index in [2.05, 4.69) is 4.84 Å². The molecule has 5 nitrogen and oxygen atoms in total. The summed E-state index contributed by atoms with van der Waals surface area (Å²) in [5, 5.41) is 0.447. The van der Waals surface area contributed by atoms with Crippen molar-refractivity contribution in [2.24, 2.45) is 5.92 Å². The van der Waals surface area contributed by atoms with Crippen LogP contribution in [0, 0.1) is 5.92 Å². The molecule has 70 valence electrons. The predicted molar refractivity (Wildman–Crippen MR) is 41.9 cm³/mol. The Morgan fingerprint density at radius 3 is 2.15 bits per heavy atom. The summed E-state index contributed by atoms with van der Waals surface area (Å²) in [6.07, 6.45) is 2.10. The van der Waals surface area contributed by atoms with Crippen molar-refractivity contribution in [3.05, 3.63) is 12.2 Å². The lowest BCUT2D eigenvalue weighted by atomic mass is 10.2. The average Bonchev–Trinajstić information content (AvgIpc) is 2.35. The van der Waals surface area contributed by atoms with Gasteiger partial charge in [0.05, 0.1) is 5.92 Å². The topological polar surface area (TPSA) is 63.7 Å². The van der Waals surface area contributed by atoms with E-state index in [-0.39, 0.29) is 5.92 Å². The van der Waals surface area contributed by atoms with Crippen LogP contribution in [0.3, 0.4) is 0 Å². The van der Waals surface area contributed by atoms with Gasteiger partial charge in [0, 0.05) is 12.2 Å². The molecule has 0 bridgehead atoms. The zero-order valence-corrected chi connectivity index (χ0v) is 7.31. The molecule has 2 amide bonds. The van der Waals surface area contributed by atoms with Crippen molar-refractivity contribution in [1.82, 2.24) is 5.06 Å². The fourth-order valence-electron chi connectivity index (χ4n) is 0.672. The molecule has 0 spiro atoms. The maximum Gasteiger partial charge on any atom is 0.335 e. The number of hydrogen-bond donors (Lipinski definition) is 0. The SMILES string of the molecule is CC(C)C(=O)ON1C(=O)C=CC1=O. The number of hydrogen-bond acceptors (Lipinski definition) is 4. The molecule has 0 radical (unpaired) electrons. The van der Waals surface area contributed by atoms with Crippen molar-refractivity contribution in [3.8, 4) is 0 Å². The standard InChI is InChI=1S/C8H9NO4/c1-5(2)8(12)13-9-6(10)3-4-7(9)11/h3-5H,1-2H3. The highest BCUT2D eigenvalue weighted by Gasteiger charge is 2.28. The first kappa shape index (κ1) is 9.44. The lowest BCUT2D eigenvalue weighted by Crippen LogP contribution is -2.34. The highest BCUT2D eigenvalue weighted by atomic mass is 16.7. The smallest absolute Gasteiger partial charge is 0.330 e. The van der Waals surface area contributed by atoms with E-state index >= 15 is 0 Å². The van der Waals surface area contributed by atoms with E-state index in [0.29, 0.717) is 5.06 Å². The maximum atomic E-state index is 11.0. The van der Waals surface area contributed by atoms with Crippen molar-refractivity contribution >= 4 is 17.8 Å². The lowest BCUT2D eigenvalue weighted by Gasteiger charge is -2.13. The fourth-order valence-corrected chi connectivity index (χ4v) is 0.672. The Morgan fingerprint density at radius 2 is 1.77 bits per heavy atom. The molecule has 0 atom stereocenters. The molecule has 0 unspecified atom stereocenters. The van der Waals surface area contributed by atoms with E-state index < -0.39 is 17.8 Å². The van der Waals surface area contributed by atoms with E-state index in [1.54, 1.807) is 13.8 Å². The molecule has 0 aromatic rings. The highest BCUT2D eigenvalue weighted by molar-refractivity contribution is 6.12. The van der Waals surface area contributed by atoms with Gasteiger partial charge in [0.1, 0.15) is 0 Å². The summed E-state index contributed by atoms with van der Waals surface area (Å²) in [6.45, 7) is 3.22. The van der Waals surface area contributed by atoms with Crippen molar-refractivity contribution in [3.63, 3.8) is 0 Å². The maximum absolute atomic E-state index is 11.0. The molecular formula is C8H9NO4. The third-order valence-corrected chi connectivity index (χ3v) is 1.42. The number of nitrogens with zero attached hydrogens (tertiary/aromatic N) is 1. The first-order chi connectivity index (χ1) is 6.02. The van der Waals surface area contributed by atoms with Crippen LogP contribution in [0.15, 0.2) is 12.2 Å². The molecule has 1 aliphatic heterocycles. The molecule has 1 aliphatic rings. The molecule has 1 rings (SSSR count). The predicted octanol–water partition coefficient (Wildman–Crippen LogP) is 0.0256. The first-order valence-corrected chi connectivity index (χ1v) is 3.80. The van der Waals surface area contributed by atoms with Crippen LogP contribution in [0.5, 0.6) is 0 Å². The molecule has 0 aromatic heterocycles. The highest BCUT2D eigenvalue weighted by Crippen LogP contribution is 2.07. The Bertz CT molecular complexity index is 275. The zero-order valence-electron chi connectivity index (χ0n) is 7.31. The van der Waals surface area contributed by atoms with Crippen LogP contribution >= 0.6 is 0 Å². The quantitative estimate of drug-likeness (QED) is 0.566. The van der Waals surface area contributed by atoms with E-state index in [1.165, 1.54) is 0 Å². The van der Waals surface area contributed by atoms with Crippen molar-refractivity contribution < 1.29 is 19.2 Å². The number of carbonyl (C=O) groups is 3. The minimum Gasteiger partial charge on any atom is -0.330 e. The van der Waals surface area contributed by atoms with Gasteiger partial charge in [0.2, 0.25) is 0 Å². The van der Waals surface area contributed by atoms with Crippen LogP contribution in [0.1, 0.15) is 13.8 Å². The summed E-state index contributed by atoms with van der Waals surface area (Å²) in [5.74, 6) is -2.23. The number of hydroxylamine groups is 2. The molecule has 0 saturated heterocycles. The summed E-state index contributed by atoms with van der Waals surface area (Å²) in [5.41, 5.74) is 0. The van der Waals surface area contributed by atoms with Gasteiger partial charge >= 0.3 is 5.97 Å². The summed E-state index contributed by atoms with van der Waals surface area (Å²) in [6, 6.07) is 0. The summed E-state index contributed by atoms with van der Waals surface area (Å²) >= 11 is 0. The Kier molecular flexibility index (Phi) is 2.46. The molecule has 0 saturated carbocycles. The van der Waals surface area contributed by atoms with Crippen LogP contribution in [0.2, 0.25) is 0 Å². The summed E-state index contributed by atoms with van der Waals surface area (Å²) in [4.78, 5) is 37.3.